The van der Waals surface area contributed by atoms with Crippen LogP contribution in [0.3, 0.4) is 0 Å². The lowest BCUT2D eigenvalue weighted by molar-refractivity contribution is -0.0454. The number of likely N-dealkylation sites (tertiary alicyclic amines) is 4. The third kappa shape index (κ3) is 9.22. The lowest BCUT2D eigenvalue weighted by Crippen LogP contribution is -2.64. The van der Waals surface area contributed by atoms with Crippen molar-refractivity contribution in [3.05, 3.63) is 0 Å². The lowest BCUT2D eigenvalue weighted by atomic mass is 9.68. The first-order valence-corrected chi connectivity index (χ1v) is 17.0. The Morgan fingerprint density at radius 2 is 1.41 bits per heavy atom. The number of urea groups is 1. The highest BCUT2D eigenvalue weighted by atomic mass is 16.4. The monoisotopic (exact) mass is 577 g/mol. The summed E-state index contributed by atoms with van der Waals surface area (Å²) in [6, 6.07) is 1.77. The van der Waals surface area contributed by atoms with Crippen molar-refractivity contribution >= 4 is 12.1 Å². The smallest absolute Gasteiger partial charge is 0.407 e. The maximum absolute atomic E-state index is 12.3. The van der Waals surface area contributed by atoms with E-state index in [-0.39, 0.29) is 17.0 Å². The molecule has 0 bridgehead atoms. The van der Waals surface area contributed by atoms with Gasteiger partial charge in [0.2, 0.25) is 0 Å². The minimum absolute atomic E-state index is 0.0418. The molecular formula is C33H63N5O3. The van der Waals surface area contributed by atoms with Crippen molar-refractivity contribution in [2.24, 2.45) is 5.41 Å². The van der Waals surface area contributed by atoms with E-state index in [1.807, 2.05) is 4.90 Å². The van der Waals surface area contributed by atoms with Crippen LogP contribution in [0.15, 0.2) is 0 Å². The molecule has 0 aromatic carbocycles. The molecular weight excluding hydrogens is 514 g/mol. The summed E-state index contributed by atoms with van der Waals surface area (Å²) in [5.74, 6) is 0. The van der Waals surface area contributed by atoms with Gasteiger partial charge in [-0.25, -0.2) is 9.59 Å². The van der Waals surface area contributed by atoms with E-state index >= 15 is 0 Å². The molecule has 2 unspecified atom stereocenters. The maximum atomic E-state index is 12.3. The number of amides is 3. The second-order valence-electron chi connectivity index (χ2n) is 14.5. The fourth-order valence-corrected chi connectivity index (χ4v) is 7.55. The lowest BCUT2D eigenvalue weighted by Gasteiger charge is -2.55. The first-order valence-electron chi connectivity index (χ1n) is 17.0. The predicted octanol–water partition coefficient (Wildman–Crippen LogP) is 6.64. The first kappa shape index (κ1) is 34.0. The molecule has 8 heteroatoms. The van der Waals surface area contributed by atoms with Crippen LogP contribution in [0.1, 0.15) is 125 Å². The van der Waals surface area contributed by atoms with Crippen molar-refractivity contribution in [1.82, 2.24) is 24.9 Å². The minimum atomic E-state index is -0.764. The molecule has 4 rings (SSSR count). The normalized spacial score (nSPS) is 30.3. The Kier molecular flexibility index (Phi) is 13.1. The highest BCUT2D eigenvalue weighted by Gasteiger charge is 2.49. The first-order chi connectivity index (χ1) is 19.5. The molecule has 4 fully saturated rings. The summed E-state index contributed by atoms with van der Waals surface area (Å²) in [4.78, 5) is 32.9. The summed E-state index contributed by atoms with van der Waals surface area (Å²) in [5.41, 5.74) is -0.320. The molecule has 4 aliphatic heterocycles. The molecule has 4 aliphatic rings. The van der Waals surface area contributed by atoms with E-state index in [1.165, 1.54) is 77.5 Å². The maximum Gasteiger partial charge on any atom is 0.407 e. The average Bonchev–Trinajstić information content (AvgIpc) is 2.95. The van der Waals surface area contributed by atoms with Crippen molar-refractivity contribution < 1.29 is 14.7 Å². The van der Waals surface area contributed by atoms with Crippen LogP contribution in [-0.4, -0.2) is 106 Å². The topological polar surface area (TPSA) is 79.4 Å². The number of rotatable bonds is 6. The highest BCUT2D eigenvalue weighted by molar-refractivity contribution is 5.74. The van der Waals surface area contributed by atoms with E-state index in [9.17, 15) is 14.7 Å². The average molecular weight is 578 g/mol. The number of hydrogen-bond donors (Lipinski definition) is 2. The number of unbranched alkanes of at least 4 members (excludes halogenated alkanes) is 2. The number of hydrogen-bond acceptors (Lipinski definition) is 4. The molecule has 3 amide bonds. The summed E-state index contributed by atoms with van der Waals surface area (Å²) in [7, 11) is 0. The van der Waals surface area contributed by atoms with Crippen LogP contribution < -0.4 is 5.32 Å². The number of carbonyl (C=O) groups is 2. The van der Waals surface area contributed by atoms with Crippen molar-refractivity contribution in [2.45, 2.75) is 149 Å². The fraction of sp³-hybridized carbons (Fsp3) is 0.939. The molecule has 2 N–H and O–H groups in total. The van der Waals surface area contributed by atoms with Crippen LogP contribution in [0.25, 0.3) is 0 Å². The van der Waals surface area contributed by atoms with E-state index in [1.54, 1.807) is 4.90 Å². The van der Waals surface area contributed by atoms with E-state index in [4.69, 9.17) is 0 Å². The van der Waals surface area contributed by atoms with E-state index in [2.05, 4.69) is 56.7 Å². The third-order valence-electron chi connectivity index (χ3n) is 10.7. The van der Waals surface area contributed by atoms with Crippen molar-refractivity contribution in [1.29, 1.82) is 0 Å². The van der Waals surface area contributed by atoms with Gasteiger partial charge in [-0.2, -0.15) is 0 Å². The van der Waals surface area contributed by atoms with Crippen LogP contribution in [0, 0.1) is 5.41 Å². The summed E-state index contributed by atoms with van der Waals surface area (Å²) in [6.45, 7) is 20.4. The van der Waals surface area contributed by atoms with Crippen LogP contribution in [0.5, 0.6) is 0 Å². The fourth-order valence-electron chi connectivity index (χ4n) is 7.55. The molecule has 4 heterocycles. The Morgan fingerprint density at radius 3 is 1.93 bits per heavy atom. The van der Waals surface area contributed by atoms with Crippen LogP contribution >= 0.6 is 0 Å². The van der Waals surface area contributed by atoms with Gasteiger partial charge in [0.05, 0.1) is 0 Å². The van der Waals surface area contributed by atoms with Gasteiger partial charge in [0.15, 0.2) is 0 Å². The number of carboxylic acid groups (broad SMARTS) is 1. The zero-order chi connectivity index (χ0) is 30.0. The Balaban J connectivity index is 0.000000226. The van der Waals surface area contributed by atoms with Crippen molar-refractivity contribution in [3.8, 4) is 0 Å². The Labute approximate surface area is 251 Å². The molecule has 0 aromatic heterocycles. The quantitative estimate of drug-likeness (QED) is 0.346. The zero-order valence-corrected chi connectivity index (χ0v) is 27.4. The molecule has 0 aromatic rings. The van der Waals surface area contributed by atoms with Crippen molar-refractivity contribution in [3.63, 3.8) is 0 Å². The second kappa shape index (κ2) is 15.8. The molecule has 0 radical (unpaired) electrons. The summed E-state index contributed by atoms with van der Waals surface area (Å²) in [6.07, 6.45) is 15.0. The largest absolute Gasteiger partial charge is 0.465 e. The molecule has 8 nitrogen and oxygen atoms in total. The summed E-state index contributed by atoms with van der Waals surface area (Å²) >= 11 is 0. The zero-order valence-electron chi connectivity index (χ0n) is 27.4. The van der Waals surface area contributed by atoms with Gasteiger partial charge >= 0.3 is 12.1 Å². The molecule has 238 valence electrons. The van der Waals surface area contributed by atoms with Gasteiger partial charge in [0, 0.05) is 43.3 Å². The van der Waals surface area contributed by atoms with Gasteiger partial charge in [-0.3, -0.25) is 0 Å². The summed E-state index contributed by atoms with van der Waals surface area (Å²) < 4.78 is 0. The number of nitrogens with one attached hydrogen (secondary N) is 1. The molecule has 0 aliphatic carbocycles. The van der Waals surface area contributed by atoms with Gasteiger partial charge in [-0.1, -0.05) is 53.4 Å². The number of piperidine rings is 4. The van der Waals surface area contributed by atoms with E-state index in [0.717, 1.165) is 45.2 Å². The molecule has 4 saturated heterocycles. The Morgan fingerprint density at radius 1 is 0.854 bits per heavy atom. The predicted molar refractivity (Wildman–Crippen MR) is 169 cm³/mol. The Hall–Kier alpha value is -1.54. The van der Waals surface area contributed by atoms with Gasteiger partial charge in [0.25, 0.3) is 0 Å². The Bertz CT molecular complexity index is 805. The standard InChI is InChI=1S/C17H33N3O.C16H30N2O2/c1-3-4-6-10-18-17(21)20-13-9-16(14-15(20)2)19-11-7-5-8-12-19;1-15(2,3)16(4)12-13(8-11-18(16)14(19)20)17-9-6-5-7-10-17/h15-16H,3-14H2,1-2H3,(H,18,21);13H,5-12H2,1-4H3,(H,19,20)/t15-,16?;13?,16-/m00/s1. The van der Waals surface area contributed by atoms with Gasteiger partial charge < -0.3 is 30.0 Å². The van der Waals surface area contributed by atoms with E-state index < -0.39 is 6.09 Å². The number of carbonyl (C=O) groups excluding carboxylic acids is 1. The minimum Gasteiger partial charge on any atom is -0.465 e. The van der Waals surface area contributed by atoms with Gasteiger partial charge in [0.1, 0.15) is 0 Å². The third-order valence-corrected chi connectivity index (χ3v) is 10.7. The second-order valence-corrected chi connectivity index (χ2v) is 14.5. The van der Waals surface area contributed by atoms with Crippen LogP contribution in [0.2, 0.25) is 0 Å². The molecule has 0 saturated carbocycles. The van der Waals surface area contributed by atoms with Crippen molar-refractivity contribution in [2.75, 3.05) is 45.8 Å². The SMILES string of the molecule is CC(C)(C)[C@]1(C)CC(N2CCCCC2)CCN1C(=O)O.CCCCCNC(=O)N1CCC(N2CCCCC2)C[C@@H]1C. The highest BCUT2D eigenvalue weighted by Crippen LogP contribution is 2.43. The van der Waals surface area contributed by atoms with Gasteiger partial charge in [-0.15, -0.1) is 0 Å². The van der Waals surface area contributed by atoms with Crippen LogP contribution in [0.4, 0.5) is 9.59 Å². The molecule has 4 atom stereocenters. The summed E-state index contributed by atoms with van der Waals surface area (Å²) in [5, 5.41) is 12.6. The van der Waals surface area contributed by atoms with Gasteiger partial charge in [-0.05, 0) is 103 Å². The molecule has 41 heavy (non-hydrogen) atoms. The van der Waals surface area contributed by atoms with Crippen LogP contribution in [-0.2, 0) is 0 Å². The molecule has 0 spiro atoms. The number of nitrogens with zero attached hydrogens (tertiary/aromatic N) is 4. The van der Waals surface area contributed by atoms with E-state index in [0.29, 0.717) is 24.7 Å².